The molecule has 0 atom stereocenters. The van der Waals surface area contributed by atoms with Crippen molar-refractivity contribution in [1.82, 2.24) is 9.36 Å². The van der Waals surface area contributed by atoms with Gasteiger partial charge in [-0.3, -0.25) is 0 Å². The first kappa shape index (κ1) is 10.1. The predicted molar refractivity (Wildman–Crippen MR) is 48.0 cm³/mol. The minimum absolute atomic E-state index is 0.163. The number of nitrogens with zero attached hydrogens (tertiary/aromatic N) is 2. The summed E-state index contributed by atoms with van der Waals surface area (Å²) in [5, 5.41) is 3.18. The van der Waals surface area contributed by atoms with Crippen LogP contribution in [0, 0.1) is 0 Å². The highest BCUT2D eigenvalue weighted by molar-refractivity contribution is 7.09. The van der Waals surface area contributed by atoms with E-state index in [1.807, 2.05) is 0 Å². The lowest BCUT2D eigenvalue weighted by atomic mass is 10.3. The fraction of sp³-hybridized carbons (Fsp3) is 0.667. The molecule has 1 aromatic rings. The first-order valence-corrected chi connectivity index (χ1v) is 4.45. The second kappa shape index (κ2) is 3.82. The highest BCUT2D eigenvalue weighted by Gasteiger charge is 2.20. The summed E-state index contributed by atoms with van der Waals surface area (Å²) in [6, 6.07) is 0. The summed E-state index contributed by atoms with van der Waals surface area (Å²) in [6.45, 7) is 1.04. The monoisotopic (exact) mass is 208 g/mol. The molecular formula is C6H10F2N4S. The van der Waals surface area contributed by atoms with Gasteiger partial charge in [0.2, 0.25) is 17.0 Å². The molecule has 74 valence electrons. The highest BCUT2D eigenvalue weighted by atomic mass is 32.1. The van der Waals surface area contributed by atoms with Crippen molar-refractivity contribution in [3.63, 3.8) is 0 Å². The van der Waals surface area contributed by atoms with Crippen LogP contribution in [0.5, 0.6) is 0 Å². The zero-order valence-electron chi connectivity index (χ0n) is 7.05. The van der Waals surface area contributed by atoms with Crippen molar-refractivity contribution in [3.05, 3.63) is 0 Å². The van der Waals surface area contributed by atoms with Crippen LogP contribution in [0.4, 0.5) is 19.9 Å². The van der Waals surface area contributed by atoms with E-state index in [2.05, 4.69) is 14.7 Å². The van der Waals surface area contributed by atoms with E-state index >= 15 is 0 Å². The van der Waals surface area contributed by atoms with E-state index in [-0.39, 0.29) is 18.9 Å². The Bertz CT molecular complexity index is 270. The van der Waals surface area contributed by atoms with Gasteiger partial charge in [-0.15, -0.1) is 0 Å². The van der Waals surface area contributed by atoms with E-state index in [1.165, 1.54) is 0 Å². The molecule has 0 saturated heterocycles. The summed E-state index contributed by atoms with van der Waals surface area (Å²) in [5.74, 6) is -2.49. The molecule has 0 radical (unpaired) electrons. The second-order valence-electron chi connectivity index (χ2n) is 2.70. The normalized spacial score (nSPS) is 11.6. The molecule has 13 heavy (non-hydrogen) atoms. The second-order valence-corrected chi connectivity index (χ2v) is 3.46. The molecule has 0 saturated carbocycles. The lowest BCUT2D eigenvalue weighted by Gasteiger charge is -2.09. The number of halogens is 2. The van der Waals surface area contributed by atoms with Crippen LogP contribution in [0.25, 0.3) is 0 Å². The fourth-order valence-corrected chi connectivity index (χ4v) is 1.22. The van der Waals surface area contributed by atoms with E-state index in [1.54, 1.807) is 0 Å². The molecule has 1 heterocycles. The van der Waals surface area contributed by atoms with Gasteiger partial charge in [-0.2, -0.15) is 9.36 Å². The van der Waals surface area contributed by atoms with Crippen LogP contribution in [0.3, 0.4) is 0 Å². The quantitative estimate of drug-likeness (QED) is 0.788. The van der Waals surface area contributed by atoms with Gasteiger partial charge in [-0.25, -0.2) is 8.78 Å². The maximum atomic E-state index is 12.3. The maximum absolute atomic E-state index is 12.3. The fourth-order valence-electron chi connectivity index (χ4n) is 0.696. The van der Waals surface area contributed by atoms with Crippen molar-refractivity contribution >= 4 is 22.6 Å². The smallest absolute Gasteiger partial charge is 0.247 e. The number of alkyl halides is 2. The van der Waals surface area contributed by atoms with Crippen LogP contribution >= 0.6 is 11.5 Å². The minimum Gasteiger partial charge on any atom is -0.367 e. The van der Waals surface area contributed by atoms with Gasteiger partial charge in [0.05, 0.1) is 0 Å². The standard InChI is InChI=1S/C6H10F2N4S/c1-6(7,8)2-3-10-5-11-4(9)12-13-5/h2-3H2,1H3,(H3,9,10,11,12). The number of aromatic nitrogens is 2. The Morgan fingerprint density at radius 2 is 2.31 bits per heavy atom. The van der Waals surface area contributed by atoms with Gasteiger partial charge in [-0.1, -0.05) is 0 Å². The summed E-state index contributed by atoms with van der Waals surface area (Å²) in [5.41, 5.74) is 5.24. The van der Waals surface area contributed by atoms with E-state index in [0.717, 1.165) is 18.5 Å². The van der Waals surface area contributed by atoms with Crippen molar-refractivity contribution in [2.45, 2.75) is 19.3 Å². The van der Waals surface area contributed by atoms with Gasteiger partial charge in [0.25, 0.3) is 0 Å². The number of nitrogens with one attached hydrogen (secondary N) is 1. The number of rotatable bonds is 4. The van der Waals surface area contributed by atoms with Crippen molar-refractivity contribution in [3.8, 4) is 0 Å². The van der Waals surface area contributed by atoms with Crippen LogP contribution in [-0.4, -0.2) is 21.8 Å². The van der Waals surface area contributed by atoms with E-state index in [4.69, 9.17) is 5.73 Å². The Hall–Kier alpha value is -0.980. The molecule has 0 spiro atoms. The van der Waals surface area contributed by atoms with Gasteiger partial charge >= 0.3 is 0 Å². The molecule has 7 heteroatoms. The summed E-state index contributed by atoms with van der Waals surface area (Å²) in [7, 11) is 0. The predicted octanol–water partition coefficient (Wildman–Crippen LogP) is 1.58. The summed E-state index contributed by atoms with van der Waals surface area (Å²) in [4.78, 5) is 3.76. The molecular weight excluding hydrogens is 198 g/mol. The molecule has 1 aromatic heterocycles. The van der Waals surface area contributed by atoms with Gasteiger partial charge in [0.1, 0.15) is 0 Å². The lowest BCUT2D eigenvalue weighted by Crippen LogP contribution is -2.15. The summed E-state index contributed by atoms with van der Waals surface area (Å²) >= 11 is 1.06. The Morgan fingerprint density at radius 3 is 2.77 bits per heavy atom. The van der Waals surface area contributed by atoms with Gasteiger partial charge < -0.3 is 11.1 Å². The molecule has 1 rings (SSSR count). The summed E-state index contributed by atoms with van der Waals surface area (Å²) < 4.78 is 28.4. The van der Waals surface area contributed by atoms with Gasteiger partial charge in [0.15, 0.2) is 0 Å². The van der Waals surface area contributed by atoms with Crippen LogP contribution in [0.1, 0.15) is 13.3 Å². The Kier molecular flexibility index (Phi) is 2.97. The first-order chi connectivity index (χ1) is 5.97. The van der Waals surface area contributed by atoms with Crippen LogP contribution in [0.15, 0.2) is 0 Å². The lowest BCUT2D eigenvalue weighted by molar-refractivity contribution is 0.0167. The highest BCUT2D eigenvalue weighted by Crippen LogP contribution is 2.17. The molecule has 0 aliphatic heterocycles. The molecule has 0 amide bonds. The zero-order valence-corrected chi connectivity index (χ0v) is 7.87. The number of anilines is 2. The third kappa shape index (κ3) is 3.97. The average Bonchev–Trinajstić information content (AvgIpc) is 2.33. The van der Waals surface area contributed by atoms with Crippen molar-refractivity contribution < 1.29 is 8.78 Å². The van der Waals surface area contributed by atoms with Crippen LogP contribution in [-0.2, 0) is 0 Å². The molecule has 0 aliphatic carbocycles. The Labute approximate surface area is 78.3 Å². The maximum Gasteiger partial charge on any atom is 0.247 e. The number of nitrogen functional groups attached to an aromatic ring is 1. The minimum atomic E-state index is -2.65. The van der Waals surface area contributed by atoms with Crippen molar-refractivity contribution in [2.24, 2.45) is 0 Å². The molecule has 0 unspecified atom stereocenters. The van der Waals surface area contributed by atoms with E-state index < -0.39 is 5.92 Å². The van der Waals surface area contributed by atoms with E-state index in [0.29, 0.717) is 5.13 Å². The molecule has 4 nitrogen and oxygen atoms in total. The summed E-state index contributed by atoms with van der Waals surface area (Å²) in [6.07, 6.45) is -0.230. The number of hydrogen-bond donors (Lipinski definition) is 2. The SMILES string of the molecule is CC(F)(F)CCNc1nc(N)ns1. The van der Waals surface area contributed by atoms with Crippen molar-refractivity contribution in [2.75, 3.05) is 17.6 Å². The Morgan fingerprint density at radius 1 is 1.62 bits per heavy atom. The van der Waals surface area contributed by atoms with E-state index in [9.17, 15) is 8.78 Å². The van der Waals surface area contributed by atoms with Gasteiger partial charge in [0, 0.05) is 24.5 Å². The third-order valence-electron chi connectivity index (χ3n) is 1.28. The number of nitrogens with two attached hydrogens (primary N) is 1. The largest absolute Gasteiger partial charge is 0.367 e. The van der Waals surface area contributed by atoms with Crippen LogP contribution < -0.4 is 11.1 Å². The Balaban J connectivity index is 2.28. The molecule has 3 N–H and O–H groups in total. The molecule has 0 aliphatic rings. The molecule has 0 fully saturated rings. The third-order valence-corrected chi connectivity index (χ3v) is 1.97. The average molecular weight is 208 g/mol. The first-order valence-electron chi connectivity index (χ1n) is 3.68. The number of hydrogen-bond acceptors (Lipinski definition) is 5. The zero-order chi connectivity index (χ0) is 9.90. The van der Waals surface area contributed by atoms with Gasteiger partial charge in [-0.05, 0) is 6.92 Å². The van der Waals surface area contributed by atoms with Crippen molar-refractivity contribution in [1.29, 1.82) is 0 Å². The molecule has 0 bridgehead atoms. The van der Waals surface area contributed by atoms with Crippen LogP contribution in [0.2, 0.25) is 0 Å². The molecule has 0 aromatic carbocycles. The topological polar surface area (TPSA) is 63.8 Å².